The summed E-state index contributed by atoms with van der Waals surface area (Å²) in [5.41, 5.74) is 3.65. The Morgan fingerprint density at radius 2 is 1.82 bits per heavy atom. The van der Waals surface area contributed by atoms with E-state index in [1.807, 2.05) is 50.2 Å². The number of amides is 1. The zero-order valence-corrected chi connectivity index (χ0v) is 17.8. The van der Waals surface area contributed by atoms with Crippen LogP contribution in [0, 0.1) is 13.8 Å². The molecular weight excluding hydrogens is 418 g/mol. The number of aryl methyl sites for hydroxylation is 2. The summed E-state index contributed by atoms with van der Waals surface area (Å²) in [7, 11) is 0. The first-order valence-corrected chi connectivity index (χ1v) is 10.4. The fourth-order valence-corrected chi connectivity index (χ4v) is 4.29. The van der Waals surface area contributed by atoms with Crippen molar-refractivity contribution in [2.24, 2.45) is 0 Å². The molecule has 0 radical (unpaired) electrons. The monoisotopic (exact) mass is 439 g/mol. The molecule has 144 valence electrons. The molecule has 0 saturated carbocycles. The number of hydrogen-bond donors (Lipinski definition) is 0. The molecule has 2 heterocycles. The molecule has 1 aliphatic rings. The lowest BCUT2D eigenvalue weighted by Gasteiger charge is -2.25. The predicted molar refractivity (Wildman–Crippen MR) is 114 cm³/mol. The first-order chi connectivity index (χ1) is 13.4. The van der Waals surface area contributed by atoms with Crippen molar-refractivity contribution in [3.63, 3.8) is 0 Å². The quantitative estimate of drug-likeness (QED) is 0.537. The zero-order chi connectivity index (χ0) is 20.0. The molecule has 2 aromatic carbocycles. The summed E-state index contributed by atoms with van der Waals surface area (Å²) < 4.78 is 7.02. The first-order valence-electron chi connectivity index (χ1n) is 9.56. The summed E-state index contributed by atoms with van der Waals surface area (Å²) >= 11 is 3.46. The van der Waals surface area contributed by atoms with Crippen LogP contribution in [0.1, 0.15) is 58.6 Å². The highest BCUT2D eigenvalue weighted by atomic mass is 79.9. The van der Waals surface area contributed by atoms with Gasteiger partial charge in [-0.1, -0.05) is 47.5 Å². The summed E-state index contributed by atoms with van der Waals surface area (Å²) in [6.07, 6.45) is 1.84. The molecule has 28 heavy (non-hydrogen) atoms. The fraction of sp³-hybridized carbons (Fsp3) is 0.304. The van der Waals surface area contributed by atoms with Gasteiger partial charge >= 0.3 is 0 Å². The third kappa shape index (κ3) is 2.98. The van der Waals surface area contributed by atoms with E-state index in [0.29, 0.717) is 23.1 Å². The molecule has 0 aliphatic carbocycles. The van der Waals surface area contributed by atoms with Gasteiger partial charge in [-0.3, -0.25) is 9.59 Å². The molecule has 0 saturated heterocycles. The second-order valence-electron chi connectivity index (χ2n) is 7.44. The molecule has 1 aliphatic heterocycles. The lowest BCUT2D eigenvalue weighted by Crippen LogP contribution is -2.30. The van der Waals surface area contributed by atoms with Gasteiger partial charge in [-0.2, -0.15) is 0 Å². The number of unbranched alkanes of at least 4 members (excludes halogenated alkanes) is 1. The van der Waals surface area contributed by atoms with Gasteiger partial charge in [0.25, 0.3) is 5.91 Å². The van der Waals surface area contributed by atoms with Crippen LogP contribution in [0.5, 0.6) is 0 Å². The van der Waals surface area contributed by atoms with E-state index in [9.17, 15) is 9.59 Å². The van der Waals surface area contributed by atoms with Crippen LogP contribution < -0.4 is 5.43 Å². The number of hydrogen-bond acceptors (Lipinski definition) is 3. The molecule has 0 bridgehead atoms. The molecule has 0 N–H and O–H groups in total. The maximum atomic E-state index is 13.5. The average molecular weight is 440 g/mol. The van der Waals surface area contributed by atoms with Gasteiger partial charge in [-0.05, 0) is 55.2 Å². The Bertz CT molecular complexity index is 1130. The molecule has 5 heteroatoms. The summed E-state index contributed by atoms with van der Waals surface area (Å²) in [5, 5.41) is 0.545. The number of fused-ring (bicyclic) bond motifs is 2. The van der Waals surface area contributed by atoms with Crippen molar-refractivity contribution in [1.29, 1.82) is 0 Å². The number of carbonyl (C=O) groups excluding carboxylic acids is 1. The maximum absolute atomic E-state index is 13.5. The number of carbonyl (C=O) groups is 1. The fourth-order valence-electron chi connectivity index (χ4n) is 4.03. The van der Waals surface area contributed by atoms with Crippen LogP contribution in [-0.4, -0.2) is 17.4 Å². The highest BCUT2D eigenvalue weighted by molar-refractivity contribution is 9.10. The Morgan fingerprint density at radius 1 is 1.11 bits per heavy atom. The van der Waals surface area contributed by atoms with E-state index in [1.165, 1.54) is 0 Å². The van der Waals surface area contributed by atoms with E-state index in [0.717, 1.165) is 34.0 Å². The minimum atomic E-state index is -0.413. The average Bonchev–Trinajstić information content (AvgIpc) is 2.94. The van der Waals surface area contributed by atoms with Crippen molar-refractivity contribution < 1.29 is 9.21 Å². The maximum Gasteiger partial charge on any atom is 0.290 e. The largest absolute Gasteiger partial charge is 0.450 e. The Labute approximate surface area is 172 Å². The molecule has 1 amide bonds. The predicted octanol–water partition coefficient (Wildman–Crippen LogP) is 5.52. The molecule has 1 unspecified atom stereocenters. The standard InChI is InChI=1S/C23H22BrNO3/c1-4-5-10-25-19(15-6-8-16(24)9-7-15)18-20(26)17-12-13(2)11-14(3)21(17)28-22(18)23(25)27/h6-9,11-12,19H,4-5,10H2,1-3H3. The van der Waals surface area contributed by atoms with E-state index in [1.54, 1.807) is 4.90 Å². The third-order valence-corrected chi connectivity index (χ3v) is 5.86. The van der Waals surface area contributed by atoms with Crippen LogP contribution in [0.15, 0.2) is 50.1 Å². The van der Waals surface area contributed by atoms with Crippen LogP contribution >= 0.6 is 15.9 Å². The third-order valence-electron chi connectivity index (χ3n) is 5.34. The molecule has 1 aromatic heterocycles. The SMILES string of the molecule is CCCCN1C(=O)c2oc3c(C)cc(C)cc3c(=O)c2C1c1ccc(Br)cc1. The van der Waals surface area contributed by atoms with Crippen molar-refractivity contribution in [3.8, 4) is 0 Å². The Kier molecular flexibility index (Phi) is 4.88. The minimum absolute atomic E-state index is 0.108. The molecule has 1 atom stereocenters. The second kappa shape index (κ2) is 7.21. The van der Waals surface area contributed by atoms with E-state index in [-0.39, 0.29) is 17.1 Å². The van der Waals surface area contributed by atoms with Crippen LogP contribution in [0.4, 0.5) is 0 Å². The molecule has 4 rings (SSSR count). The van der Waals surface area contributed by atoms with Gasteiger partial charge in [0.1, 0.15) is 5.58 Å². The van der Waals surface area contributed by atoms with Crippen molar-refractivity contribution >= 4 is 32.8 Å². The van der Waals surface area contributed by atoms with Crippen molar-refractivity contribution in [2.75, 3.05) is 6.54 Å². The van der Waals surface area contributed by atoms with Gasteiger partial charge in [0.2, 0.25) is 5.76 Å². The van der Waals surface area contributed by atoms with Crippen LogP contribution in [0.3, 0.4) is 0 Å². The highest BCUT2D eigenvalue weighted by Crippen LogP contribution is 2.39. The number of halogens is 1. The van der Waals surface area contributed by atoms with E-state index < -0.39 is 6.04 Å². The molecule has 0 fully saturated rings. The van der Waals surface area contributed by atoms with Crippen LogP contribution in [0.2, 0.25) is 0 Å². The molecular formula is C23H22BrNO3. The topological polar surface area (TPSA) is 50.5 Å². The van der Waals surface area contributed by atoms with Gasteiger partial charge in [0.05, 0.1) is 17.0 Å². The van der Waals surface area contributed by atoms with Crippen molar-refractivity contribution in [3.05, 3.63) is 79.1 Å². The number of nitrogens with zero attached hydrogens (tertiary/aromatic N) is 1. The molecule has 0 spiro atoms. The van der Waals surface area contributed by atoms with Gasteiger partial charge in [-0.15, -0.1) is 0 Å². The van der Waals surface area contributed by atoms with Gasteiger partial charge in [-0.25, -0.2) is 0 Å². The van der Waals surface area contributed by atoms with E-state index >= 15 is 0 Å². The Morgan fingerprint density at radius 3 is 2.50 bits per heavy atom. The number of benzene rings is 2. The summed E-state index contributed by atoms with van der Waals surface area (Å²) in [5.74, 6) is -0.0104. The normalized spacial score (nSPS) is 16.1. The van der Waals surface area contributed by atoms with Gasteiger partial charge in [0, 0.05) is 11.0 Å². The van der Waals surface area contributed by atoms with Crippen molar-refractivity contribution in [2.45, 2.75) is 39.7 Å². The lowest BCUT2D eigenvalue weighted by atomic mass is 9.97. The minimum Gasteiger partial charge on any atom is -0.450 e. The van der Waals surface area contributed by atoms with Gasteiger partial charge in [0.15, 0.2) is 5.43 Å². The highest BCUT2D eigenvalue weighted by Gasteiger charge is 2.42. The lowest BCUT2D eigenvalue weighted by molar-refractivity contribution is 0.0725. The molecule has 4 nitrogen and oxygen atoms in total. The Hall–Kier alpha value is -2.40. The van der Waals surface area contributed by atoms with Crippen LogP contribution in [0.25, 0.3) is 11.0 Å². The van der Waals surface area contributed by atoms with E-state index in [2.05, 4.69) is 22.9 Å². The smallest absolute Gasteiger partial charge is 0.290 e. The number of rotatable bonds is 4. The second-order valence-corrected chi connectivity index (χ2v) is 8.35. The summed E-state index contributed by atoms with van der Waals surface area (Å²) in [4.78, 5) is 28.5. The Balaban J connectivity index is 2.00. The summed E-state index contributed by atoms with van der Waals surface area (Å²) in [6, 6.07) is 11.2. The van der Waals surface area contributed by atoms with Gasteiger partial charge < -0.3 is 9.32 Å². The van der Waals surface area contributed by atoms with Crippen molar-refractivity contribution in [1.82, 2.24) is 4.90 Å². The van der Waals surface area contributed by atoms with Crippen LogP contribution in [-0.2, 0) is 0 Å². The molecule has 3 aromatic rings. The first kappa shape index (κ1) is 18.9. The zero-order valence-electron chi connectivity index (χ0n) is 16.2. The summed E-state index contributed by atoms with van der Waals surface area (Å²) in [6.45, 7) is 6.55. The van der Waals surface area contributed by atoms with E-state index in [4.69, 9.17) is 4.42 Å².